The summed E-state index contributed by atoms with van der Waals surface area (Å²) in [5.74, 6) is 0.477. The van der Waals surface area contributed by atoms with Crippen molar-refractivity contribution in [2.75, 3.05) is 44.0 Å². The lowest BCUT2D eigenvalue weighted by molar-refractivity contribution is 0.0730. The molecule has 10 heteroatoms. The first-order valence-corrected chi connectivity index (χ1v) is 13.3. The molecule has 2 aliphatic heterocycles. The number of rotatable bonds is 7. The van der Waals surface area contributed by atoms with Crippen molar-refractivity contribution in [3.63, 3.8) is 0 Å². The summed E-state index contributed by atoms with van der Waals surface area (Å²) in [5, 5.41) is 2.93. The number of nitrogens with zero attached hydrogens (tertiary/aromatic N) is 1. The van der Waals surface area contributed by atoms with Gasteiger partial charge in [0.1, 0.15) is 4.90 Å². The predicted molar refractivity (Wildman–Crippen MR) is 125 cm³/mol. The third kappa shape index (κ3) is 5.47. The summed E-state index contributed by atoms with van der Waals surface area (Å²) in [7, 11) is -3.79. The van der Waals surface area contributed by atoms with E-state index in [0.29, 0.717) is 24.5 Å². The van der Waals surface area contributed by atoms with Crippen LogP contribution < -0.4 is 5.32 Å². The summed E-state index contributed by atoms with van der Waals surface area (Å²) >= 11 is 7.81. The smallest absolute Gasteiger partial charge is 0.256 e. The number of benzene rings is 2. The van der Waals surface area contributed by atoms with Gasteiger partial charge in [0.15, 0.2) is 0 Å². The van der Waals surface area contributed by atoms with Crippen LogP contribution in [0, 0.1) is 0 Å². The topological polar surface area (TPSA) is 84.9 Å². The predicted octanol–water partition coefficient (Wildman–Crippen LogP) is 3.88. The van der Waals surface area contributed by atoms with Gasteiger partial charge in [0, 0.05) is 36.0 Å². The summed E-state index contributed by atoms with van der Waals surface area (Å²) in [6.07, 6.45) is 2.31. The second kappa shape index (κ2) is 10.5. The minimum Gasteiger partial charge on any atom is -0.379 e. The number of carbonyl (C=O) groups is 1. The minimum absolute atomic E-state index is 0.0279. The lowest BCUT2D eigenvalue weighted by Gasteiger charge is -2.26. The molecule has 0 bridgehead atoms. The second-order valence-electron chi connectivity index (χ2n) is 7.56. The number of thioether (sulfide) groups is 1. The largest absolute Gasteiger partial charge is 0.379 e. The van der Waals surface area contributed by atoms with Crippen molar-refractivity contribution in [2.45, 2.75) is 28.7 Å². The maximum atomic E-state index is 13.0. The van der Waals surface area contributed by atoms with Crippen LogP contribution in [0.1, 0.15) is 23.2 Å². The SMILES string of the molecule is O=C(Nc1ccc(Cl)c(S(=O)(=O)N2CCOCC2)c1)c1ccccc1SC[C@@H]1CCCO1. The van der Waals surface area contributed by atoms with E-state index >= 15 is 0 Å². The number of hydrogen-bond acceptors (Lipinski definition) is 6. The minimum atomic E-state index is -3.79. The lowest BCUT2D eigenvalue weighted by Crippen LogP contribution is -2.40. The summed E-state index contributed by atoms with van der Waals surface area (Å²) in [4.78, 5) is 13.8. The highest BCUT2D eigenvalue weighted by Gasteiger charge is 2.29. The van der Waals surface area contributed by atoms with Crippen molar-refractivity contribution < 1.29 is 22.7 Å². The van der Waals surface area contributed by atoms with Crippen molar-refractivity contribution in [2.24, 2.45) is 0 Å². The highest BCUT2D eigenvalue weighted by atomic mass is 35.5. The highest BCUT2D eigenvalue weighted by molar-refractivity contribution is 7.99. The maximum Gasteiger partial charge on any atom is 0.256 e. The van der Waals surface area contributed by atoms with Crippen LogP contribution in [0.2, 0.25) is 5.02 Å². The van der Waals surface area contributed by atoms with Gasteiger partial charge in [-0.2, -0.15) is 4.31 Å². The average Bonchev–Trinajstić information content (AvgIpc) is 3.33. The van der Waals surface area contributed by atoms with Crippen molar-refractivity contribution in [1.82, 2.24) is 4.31 Å². The van der Waals surface area contributed by atoms with Gasteiger partial charge in [-0.25, -0.2) is 8.42 Å². The van der Waals surface area contributed by atoms with E-state index in [-0.39, 0.29) is 35.0 Å². The Bertz CT molecular complexity index is 1070. The van der Waals surface area contributed by atoms with E-state index in [1.54, 1.807) is 30.0 Å². The molecule has 4 rings (SSSR count). The van der Waals surface area contributed by atoms with Crippen LogP contribution >= 0.6 is 23.4 Å². The van der Waals surface area contributed by atoms with Crippen LogP contribution in [0.4, 0.5) is 5.69 Å². The number of carbonyl (C=O) groups excluding carboxylic acids is 1. The summed E-state index contributed by atoms with van der Waals surface area (Å²) in [5.41, 5.74) is 0.896. The van der Waals surface area contributed by atoms with Crippen LogP contribution in [-0.4, -0.2) is 63.4 Å². The molecule has 0 aromatic heterocycles. The molecule has 7 nitrogen and oxygen atoms in total. The van der Waals surface area contributed by atoms with E-state index in [1.807, 2.05) is 12.1 Å². The van der Waals surface area contributed by atoms with Crippen molar-refractivity contribution >= 4 is 45.0 Å². The zero-order valence-electron chi connectivity index (χ0n) is 17.5. The number of anilines is 1. The van der Waals surface area contributed by atoms with E-state index in [1.165, 1.54) is 16.4 Å². The number of morpholine rings is 1. The Morgan fingerprint density at radius 3 is 2.69 bits per heavy atom. The molecule has 2 aliphatic rings. The first-order chi connectivity index (χ1) is 15.4. The molecule has 2 saturated heterocycles. The quantitative estimate of drug-likeness (QED) is 0.585. The fraction of sp³-hybridized carbons (Fsp3) is 0.409. The number of amides is 1. The molecule has 0 saturated carbocycles. The van der Waals surface area contributed by atoms with Crippen LogP contribution in [0.25, 0.3) is 0 Å². The Labute approximate surface area is 197 Å². The van der Waals surface area contributed by atoms with Gasteiger partial charge in [-0.3, -0.25) is 4.79 Å². The van der Waals surface area contributed by atoms with Crippen LogP contribution in [0.5, 0.6) is 0 Å². The molecule has 0 aliphatic carbocycles. The monoisotopic (exact) mass is 496 g/mol. The summed E-state index contributed by atoms with van der Waals surface area (Å²) in [6, 6.07) is 11.9. The van der Waals surface area contributed by atoms with Gasteiger partial charge in [-0.05, 0) is 43.2 Å². The molecule has 2 heterocycles. The van der Waals surface area contributed by atoms with E-state index in [4.69, 9.17) is 21.1 Å². The molecule has 0 unspecified atom stereocenters. The first-order valence-electron chi connectivity index (χ1n) is 10.5. The average molecular weight is 497 g/mol. The van der Waals surface area contributed by atoms with E-state index in [2.05, 4.69) is 5.32 Å². The highest BCUT2D eigenvalue weighted by Crippen LogP contribution is 2.30. The zero-order chi connectivity index (χ0) is 22.6. The molecule has 172 valence electrons. The van der Waals surface area contributed by atoms with Gasteiger partial charge in [0.2, 0.25) is 10.0 Å². The molecule has 32 heavy (non-hydrogen) atoms. The third-order valence-electron chi connectivity index (χ3n) is 5.36. The van der Waals surface area contributed by atoms with E-state index in [0.717, 1.165) is 30.1 Å². The molecule has 0 radical (unpaired) electrons. The van der Waals surface area contributed by atoms with Gasteiger partial charge in [0.05, 0.1) is 29.9 Å². The van der Waals surface area contributed by atoms with Gasteiger partial charge in [-0.15, -0.1) is 11.8 Å². The third-order valence-corrected chi connectivity index (χ3v) is 8.94. The van der Waals surface area contributed by atoms with Crippen molar-refractivity contribution in [3.8, 4) is 0 Å². The van der Waals surface area contributed by atoms with Crippen LogP contribution in [0.3, 0.4) is 0 Å². The molecule has 1 N–H and O–H groups in total. The fourth-order valence-electron chi connectivity index (χ4n) is 3.64. The molecule has 0 spiro atoms. The van der Waals surface area contributed by atoms with E-state index in [9.17, 15) is 13.2 Å². The standard InChI is InChI=1S/C22H25ClN2O5S2/c23-19-8-7-16(14-21(19)32(27,28)25-9-12-29-13-10-25)24-22(26)18-5-1-2-6-20(18)31-15-17-4-3-11-30-17/h1-2,5-8,14,17H,3-4,9-13,15H2,(H,24,26)/t17-/m0/s1. The summed E-state index contributed by atoms with van der Waals surface area (Å²) < 4.78 is 38.3. The molecular weight excluding hydrogens is 472 g/mol. The van der Waals surface area contributed by atoms with Crippen molar-refractivity contribution in [1.29, 1.82) is 0 Å². The number of ether oxygens (including phenoxy) is 2. The molecule has 1 amide bonds. The maximum absolute atomic E-state index is 13.0. The van der Waals surface area contributed by atoms with Crippen LogP contribution in [0.15, 0.2) is 52.3 Å². The number of sulfonamides is 1. The Morgan fingerprint density at radius 1 is 1.16 bits per heavy atom. The van der Waals surface area contributed by atoms with Crippen LogP contribution in [-0.2, 0) is 19.5 Å². The lowest BCUT2D eigenvalue weighted by atomic mass is 10.2. The first kappa shape index (κ1) is 23.5. The second-order valence-corrected chi connectivity index (χ2v) is 10.9. The number of halogens is 1. The van der Waals surface area contributed by atoms with Gasteiger partial charge >= 0.3 is 0 Å². The zero-order valence-corrected chi connectivity index (χ0v) is 19.8. The molecule has 1 atom stereocenters. The Morgan fingerprint density at radius 2 is 1.94 bits per heavy atom. The van der Waals surface area contributed by atoms with Crippen molar-refractivity contribution in [3.05, 3.63) is 53.1 Å². The van der Waals surface area contributed by atoms with Gasteiger partial charge in [-0.1, -0.05) is 23.7 Å². The Kier molecular flexibility index (Phi) is 7.75. The molecule has 2 fully saturated rings. The fourth-order valence-corrected chi connectivity index (χ4v) is 6.67. The molecule has 2 aromatic rings. The van der Waals surface area contributed by atoms with Gasteiger partial charge in [0.25, 0.3) is 5.91 Å². The Balaban J connectivity index is 1.51. The molecule has 2 aromatic carbocycles. The normalized spacial score (nSPS) is 19.7. The van der Waals surface area contributed by atoms with Gasteiger partial charge < -0.3 is 14.8 Å². The Hall–Kier alpha value is -1.62. The van der Waals surface area contributed by atoms with E-state index < -0.39 is 10.0 Å². The summed E-state index contributed by atoms with van der Waals surface area (Å²) in [6.45, 7) is 2.01. The number of hydrogen-bond donors (Lipinski definition) is 1. The molecular formula is C22H25ClN2O5S2. The number of nitrogens with one attached hydrogen (secondary N) is 1.